The van der Waals surface area contributed by atoms with Crippen molar-refractivity contribution in [3.63, 3.8) is 0 Å². The Hall–Kier alpha value is -1.23. The maximum atomic E-state index is 5.92. The van der Waals surface area contributed by atoms with Gasteiger partial charge in [0.1, 0.15) is 11.4 Å². The standard InChI is InChI=1S/C14H22N4O/c1-14(8-4-5-9-19-14)12-16-11(17-13(15)18-12)10-6-2-3-7-10/h10H,2-9H2,1H3,(H2,15,16,17,18). The zero-order chi connectivity index (χ0) is 13.3. The molecule has 0 bridgehead atoms. The molecular weight excluding hydrogens is 240 g/mol. The molecule has 0 radical (unpaired) electrons. The molecule has 1 saturated heterocycles. The van der Waals surface area contributed by atoms with Gasteiger partial charge in [0.25, 0.3) is 0 Å². The molecule has 1 saturated carbocycles. The lowest BCUT2D eigenvalue weighted by molar-refractivity contribution is -0.0762. The predicted molar refractivity (Wildman–Crippen MR) is 72.6 cm³/mol. The Morgan fingerprint density at radius 3 is 2.58 bits per heavy atom. The lowest BCUT2D eigenvalue weighted by Crippen LogP contribution is -2.33. The molecule has 3 rings (SSSR count). The van der Waals surface area contributed by atoms with Gasteiger partial charge in [-0.3, -0.25) is 0 Å². The third kappa shape index (κ3) is 2.56. The Morgan fingerprint density at radius 1 is 1.11 bits per heavy atom. The van der Waals surface area contributed by atoms with Gasteiger partial charge in [0, 0.05) is 12.5 Å². The Balaban J connectivity index is 1.92. The summed E-state index contributed by atoms with van der Waals surface area (Å²) in [4.78, 5) is 13.4. The van der Waals surface area contributed by atoms with Crippen LogP contribution in [0.3, 0.4) is 0 Å². The van der Waals surface area contributed by atoms with Gasteiger partial charge in [0.05, 0.1) is 0 Å². The molecule has 1 aliphatic carbocycles. The van der Waals surface area contributed by atoms with E-state index in [4.69, 9.17) is 10.5 Å². The zero-order valence-electron chi connectivity index (χ0n) is 11.6. The van der Waals surface area contributed by atoms with Gasteiger partial charge in [-0.1, -0.05) is 12.8 Å². The van der Waals surface area contributed by atoms with E-state index < -0.39 is 0 Å². The van der Waals surface area contributed by atoms with Crippen molar-refractivity contribution in [1.29, 1.82) is 0 Å². The second-order valence-electron chi connectivity index (χ2n) is 5.89. The van der Waals surface area contributed by atoms with Crippen LogP contribution in [0.1, 0.15) is 69.4 Å². The Morgan fingerprint density at radius 2 is 1.89 bits per heavy atom. The van der Waals surface area contributed by atoms with Crippen LogP contribution in [-0.4, -0.2) is 21.6 Å². The highest BCUT2D eigenvalue weighted by atomic mass is 16.5. The molecule has 2 N–H and O–H groups in total. The predicted octanol–water partition coefficient (Wildman–Crippen LogP) is 2.53. The SMILES string of the molecule is CC1(c2nc(N)nc(C3CCCC3)n2)CCCCO1. The summed E-state index contributed by atoms with van der Waals surface area (Å²) in [5.41, 5.74) is 5.49. The summed E-state index contributed by atoms with van der Waals surface area (Å²) < 4.78 is 5.92. The highest BCUT2D eigenvalue weighted by molar-refractivity contribution is 5.20. The van der Waals surface area contributed by atoms with Gasteiger partial charge in [0.2, 0.25) is 5.95 Å². The molecule has 2 fully saturated rings. The summed E-state index contributed by atoms with van der Waals surface area (Å²) in [6.07, 6.45) is 8.09. The van der Waals surface area contributed by atoms with Crippen LogP contribution in [0, 0.1) is 0 Å². The molecule has 1 aliphatic heterocycles. The number of hydrogen-bond donors (Lipinski definition) is 1. The van der Waals surface area contributed by atoms with E-state index in [9.17, 15) is 0 Å². The molecule has 0 aromatic carbocycles. The first kappa shape index (κ1) is 12.8. The minimum atomic E-state index is -0.386. The van der Waals surface area contributed by atoms with E-state index in [0.29, 0.717) is 11.9 Å². The number of anilines is 1. The normalized spacial score (nSPS) is 28.7. The molecule has 19 heavy (non-hydrogen) atoms. The fourth-order valence-corrected chi connectivity index (χ4v) is 3.12. The number of nitrogens with two attached hydrogens (primary N) is 1. The first-order valence-corrected chi connectivity index (χ1v) is 7.33. The monoisotopic (exact) mass is 262 g/mol. The van der Waals surface area contributed by atoms with Crippen LogP contribution in [0.2, 0.25) is 0 Å². The first-order valence-electron chi connectivity index (χ1n) is 7.33. The highest BCUT2D eigenvalue weighted by Crippen LogP contribution is 2.36. The van der Waals surface area contributed by atoms with Crippen LogP contribution in [0.25, 0.3) is 0 Å². The van der Waals surface area contributed by atoms with E-state index >= 15 is 0 Å². The van der Waals surface area contributed by atoms with Gasteiger partial charge >= 0.3 is 0 Å². The second kappa shape index (κ2) is 5.04. The summed E-state index contributed by atoms with van der Waals surface area (Å²) in [7, 11) is 0. The third-order valence-corrected chi connectivity index (χ3v) is 4.33. The zero-order valence-corrected chi connectivity index (χ0v) is 11.6. The Bertz CT molecular complexity index is 451. The Kier molecular flexibility index (Phi) is 3.39. The maximum Gasteiger partial charge on any atom is 0.223 e. The quantitative estimate of drug-likeness (QED) is 0.886. The molecule has 104 valence electrons. The van der Waals surface area contributed by atoms with Crippen molar-refractivity contribution in [2.75, 3.05) is 12.3 Å². The van der Waals surface area contributed by atoms with Crippen molar-refractivity contribution >= 4 is 5.95 Å². The molecule has 0 amide bonds. The second-order valence-corrected chi connectivity index (χ2v) is 5.89. The molecule has 1 atom stereocenters. The van der Waals surface area contributed by atoms with Crippen LogP contribution in [-0.2, 0) is 10.3 Å². The molecule has 1 aromatic heterocycles. The van der Waals surface area contributed by atoms with Crippen molar-refractivity contribution in [2.45, 2.75) is 63.4 Å². The van der Waals surface area contributed by atoms with Crippen molar-refractivity contribution in [3.8, 4) is 0 Å². The third-order valence-electron chi connectivity index (χ3n) is 4.33. The van der Waals surface area contributed by atoms with Crippen LogP contribution in [0.4, 0.5) is 5.95 Å². The van der Waals surface area contributed by atoms with E-state index in [1.165, 1.54) is 25.7 Å². The average Bonchev–Trinajstić information content (AvgIpc) is 2.93. The van der Waals surface area contributed by atoms with Gasteiger partial charge in [-0.05, 0) is 39.0 Å². The van der Waals surface area contributed by atoms with E-state index in [2.05, 4.69) is 21.9 Å². The summed E-state index contributed by atoms with van der Waals surface area (Å²) in [6, 6.07) is 0. The lowest BCUT2D eigenvalue weighted by atomic mass is 9.95. The summed E-state index contributed by atoms with van der Waals surface area (Å²) in [6.45, 7) is 2.85. The lowest BCUT2D eigenvalue weighted by Gasteiger charge is -2.32. The molecule has 5 nitrogen and oxygen atoms in total. The van der Waals surface area contributed by atoms with Gasteiger partial charge in [0.15, 0.2) is 5.82 Å². The first-order chi connectivity index (χ1) is 9.17. The van der Waals surface area contributed by atoms with Gasteiger partial charge in [-0.25, -0.2) is 4.98 Å². The topological polar surface area (TPSA) is 73.9 Å². The van der Waals surface area contributed by atoms with E-state index in [-0.39, 0.29) is 5.60 Å². The van der Waals surface area contributed by atoms with Crippen molar-refractivity contribution in [3.05, 3.63) is 11.6 Å². The van der Waals surface area contributed by atoms with Crippen molar-refractivity contribution in [1.82, 2.24) is 15.0 Å². The number of hydrogen-bond acceptors (Lipinski definition) is 5. The number of nitrogens with zero attached hydrogens (tertiary/aromatic N) is 3. The minimum Gasteiger partial charge on any atom is -0.368 e. The average molecular weight is 262 g/mol. The highest BCUT2D eigenvalue weighted by Gasteiger charge is 2.34. The van der Waals surface area contributed by atoms with E-state index in [0.717, 1.165) is 37.5 Å². The van der Waals surface area contributed by atoms with E-state index in [1.54, 1.807) is 0 Å². The largest absolute Gasteiger partial charge is 0.368 e. The molecule has 1 unspecified atom stereocenters. The van der Waals surface area contributed by atoms with Crippen LogP contribution >= 0.6 is 0 Å². The number of aromatic nitrogens is 3. The molecule has 0 spiro atoms. The smallest absolute Gasteiger partial charge is 0.223 e. The fraction of sp³-hybridized carbons (Fsp3) is 0.786. The van der Waals surface area contributed by atoms with Crippen LogP contribution in [0.15, 0.2) is 0 Å². The summed E-state index contributed by atoms with van der Waals surface area (Å²) >= 11 is 0. The van der Waals surface area contributed by atoms with Crippen molar-refractivity contribution in [2.24, 2.45) is 0 Å². The number of rotatable bonds is 2. The number of ether oxygens (including phenoxy) is 1. The minimum absolute atomic E-state index is 0.335. The van der Waals surface area contributed by atoms with Crippen LogP contribution < -0.4 is 5.73 Å². The molecule has 2 aliphatic rings. The van der Waals surface area contributed by atoms with Gasteiger partial charge in [-0.2, -0.15) is 9.97 Å². The summed E-state index contributed by atoms with van der Waals surface area (Å²) in [5.74, 6) is 2.38. The molecule has 2 heterocycles. The van der Waals surface area contributed by atoms with Gasteiger partial charge < -0.3 is 10.5 Å². The van der Waals surface area contributed by atoms with Crippen LogP contribution in [0.5, 0.6) is 0 Å². The maximum absolute atomic E-state index is 5.92. The summed E-state index contributed by atoms with van der Waals surface area (Å²) in [5, 5.41) is 0. The molecule has 5 heteroatoms. The Labute approximate surface area is 114 Å². The number of nitrogen functional groups attached to an aromatic ring is 1. The molecule has 1 aromatic rings. The fourth-order valence-electron chi connectivity index (χ4n) is 3.12. The molecular formula is C14H22N4O. The van der Waals surface area contributed by atoms with E-state index in [1.807, 2.05) is 0 Å². The van der Waals surface area contributed by atoms with Gasteiger partial charge in [-0.15, -0.1) is 0 Å². The van der Waals surface area contributed by atoms with Crippen molar-refractivity contribution < 1.29 is 4.74 Å².